The highest BCUT2D eigenvalue weighted by molar-refractivity contribution is 6.36. The van der Waals surface area contributed by atoms with Crippen molar-refractivity contribution in [1.82, 2.24) is 5.32 Å². The fourth-order valence-electron chi connectivity index (χ4n) is 1.52. The van der Waals surface area contributed by atoms with Gasteiger partial charge in [-0.25, -0.2) is 0 Å². The average molecular weight is 329 g/mol. The van der Waals surface area contributed by atoms with E-state index in [9.17, 15) is 4.79 Å². The second-order valence-electron chi connectivity index (χ2n) is 5.29. The summed E-state index contributed by atoms with van der Waals surface area (Å²) in [6.07, 6.45) is 0. The zero-order chi connectivity index (χ0) is 16.2. The van der Waals surface area contributed by atoms with E-state index in [0.717, 1.165) is 0 Å². The highest BCUT2D eigenvalue weighted by atomic mass is 35.5. The van der Waals surface area contributed by atoms with Crippen LogP contribution in [0.3, 0.4) is 0 Å². The molecule has 114 valence electrons. The minimum atomic E-state index is -0.930. The van der Waals surface area contributed by atoms with E-state index < -0.39 is 5.54 Å². The molecule has 1 amide bonds. The number of rotatable bonds is 5. The minimum absolute atomic E-state index is 0.0205. The lowest BCUT2D eigenvalue weighted by Gasteiger charge is -2.27. The molecule has 0 spiro atoms. The number of halogens is 2. The van der Waals surface area contributed by atoms with Crippen molar-refractivity contribution < 1.29 is 9.53 Å². The molecule has 1 rings (SSSR count). The smallest absolute Gasteiger partial charge is 0.259 e. The topological polar surface area (TPSA) is 62.1 Å². The van der Waals surface area contributed by atoms with Gasteiger partial charge < -0.3 is 10.1 Å². The number of hydrogen-bond acceptors (Lipinski definition) is 3. The number of nitrogens with zero attached hydrogens (tertiary/aromatic N) is 1. The fraction of sp³-hybridized carbons (Fsp3) is 0.467. The van der Waals surface area contributed by atoms with Gasteiger partial charge in [-0.3, -0.25) is 4.79 Å². The third-order valence-corrected chi connectivity index (χ3v) is 4.31. The number of ether oxygens (including phenoxy) is 1. The molecule has 0 saturated heterocycles. The maximum atomic E-state index is 11.9. The summed E-state index contributed by atoms with van der Waals surface area (Å²) >= 11 is 12.0. The summed E-state index contributed by atoms with van der Waals surface area (Å²) in [5, 5.41) is 12.7. The molecule has 0 aliphatic carbocycles. The van der Waals surface area contributed by atoms with E-state index in [2.05, 4.69) is 11.4 Å². The molecular weight excluding hydrogens is 311 g/mol. The highest BCUT2D eigenvalue weighted by Gasteiger charge is 2.30. The van der Waals surface area contributed by atoms with E-state index in [-0.39, 0.29) is 18.4 Å². The van der Waals surface area contributed by atoms with Crippen molar-refractivity contribution in [2.24, 2.45) is 5.92 Å². The number of carbonyl (C=O) groups excluding carboxylic acids is 1. The SMILES string of the molecule is Cc1c(Cl)ccc(OCC(=O)NC(C)(C#N)C(C)C)c1Cl. The first-order valence-corrected chi connectivity index (χ1v) is 7.26. The molecule has 0 fully saturated rings. The van der Waals surface area contributed by atoms with Gasteiger partial charge in [0.25, 0.3) is 5.91 Å². The quantitative estimate of drug-likeness (QED) is 0.895. The van der Waals surface area contributed by atoms with Gasteiger partial charge in [-0.1, -0.05) is 37.0 Å². The van der Waals surface area contributed by atoms with Crippen molar-refractivity contribution in [2.45, 2.75) is 33.2 Å². The van der Waals surface area contributed by atoms with E-state index in [1.165, 1.54) is 0 Å². The van der Waals surface area contributed by atoms with Gasteiger partial charge in [-0.2, -0.15) is 5.26 Å². The standard InChI is InChI=1S/C15H18Cl2N2O2/c1-9(2)15(4,8-18)19-13(20)7-21-12-6-5-11(16)10(3)14(12)17/h5-6,9H,7H2,1-4H3,(H,19,20). The summed E-state index contributed by atoms with van der Waals surface area (Å²) < 4.78 is 5.39. The molecule has 6 heteroatoms. The molecule has 4 nitrogen and oxygen atoms in total. The molecule has 0 aliphatic rings. The van der Waals surface area contributed by atoms with Crippen LogP contribution in [0.25, 0.3) is 0 Å². The van der Waals surface area contributed by atoms with Gasteiger partial charge in [-0.05, 0) is 37.5 Å². The van der Waals surface area contributed by atoms with E-state index >= 15 is 0 Å². The van der Waals surface area contributed by atoms with Crippen LogP contribution in [0.2, 0.25) is 10.0 Å². The Morgan fingerprint density at radius 3 is 2.62 bits per heavy atom. The van der Waals surface area contributed by atoms with Gasteiger partial charge in [0.05, 0.1) is 11.1 Å². The lowest BCUT2D eigenvalue weighted by molar-refractivity contribution is -0.124. The Labute approximate surface area is 135 Å². The van der Waals surface area contributed by atoms with E-state index in [4.69, 9.17) is 33.2 Å². The molecule has 0 heterocycles. The van der Waals surface area contributed by atoms with Crippen LogP contribution in [0, 0.1) is 24.2 Å². The van der Waals surface area contributed by atoms with Gasteiger partial charge in [-0.15, -0.1) is 0 Å². The van der Waals surface area contributed by atoms with Crippen molar-refractivity contribution in [2.75, 3.05) is 6.61 Å². The zero-order valence-electron chi connectivity index (χ0n) is 12.5. The van der Waals surface area contributed by atoms with Gasteiger partial charge >= 0.3 is 0 Å². The lowest BCUT2D eigenvalue weighted by atomic mass is 9.90. The van der Waals surface area contributed by atoms with Crippen molar-refractivity contribution in [3.63, 3.8) is 0 Å². The van der Waals surface area contributed by atoms with Crippen LogP contribution in [0.15, 0.2) is 12.1 Å². The zero-order valence-corrected chi connectivity index (χ0v) is 14.0. The molecule has 0 saturated carbocycles. The molecule has 1 aromatic rings. The largest absolute Gasteiger partial charge is 0.482 e. The van der Waals surface area contributed by atoms with Crippen LogP contribution in [0.1, 0.15) is 26.3 Å². The maximum absolute atomic E-state index is 11.9. The first-order valence-electron chi connectivity index (χ1n) is 6.51. The highest BCUT2D eigenvalue weighted by Crippen LogP contribution is 2.32. The third-order valence-electron chi connectivity index (χ3n) is 3.43. The molecule has 1 atom stereocenters. The summed E-state index contributed by atoms with van der Waals surface area (Å²) in [5.41, 5.74) is -0.236. The van der Waals surface area contributed by atoms with Gasteiger partial charge in [0.2, 0.25) is 0 Å². The van der Waals surface area contributed by atoms with E-state index in [0.29, 0.717) is 21.4 Å². The minimum Gasteiger partial charge on any atom is -0.482 e. The number of carbonyl (C=O) groups is 1. The Morgan fingerprint density at radius 1 is 1.48 bits per heavy atom. The van der Waals surface area contributed by atoms with Crippen LogP contribution in [-0.4, -0.2) is 18.1 Å². The monoisotopic (exact) mass is 328 g/mol. The number of nitriles is 1. The van der Waals surface area contributed by atoms with Crippen LogP contribution in [0.5, 0.6) is 5.75 Å². The average Bonchev–Trinajstić information content (AvgIpc) is 2.43. The molecule has 21 heavy (non-hydrogen) atoms. The summed E-state index contributed by atoms with van der Waals surface area (Å²) in [5.74, 6) is -0.0128. The fourth-order valence-corrected chi connectivity index (χ4v) is 1.94. The van der Waals surface area contributed by atoms with Crippen molar-refractivity contribution in [3.8, 4) is 11.8 Å². The van der Waals surface area contributed by atoms with Crippen molar-refractivity contribution in [3.05, 3.63) is 27.7 Å². The summed E-state index contributed by atoms with van der Waals surface area (Å²) in [4.78, 5) is 11.9. The number of hydrogen-bond donors (Lipinski definition) is 1. The normalized spacial score (nSPS) is 13.4. The molecule has 1 N–H and O–H groups in total. The second-order valence-corrected chi connectivity index (χ2v) is 6.08. The predicted octanol–water partition coefficient (Wildman–Crippen LogP) is 3.74. The number of benzene rings is 1. The van der Waals surface area contributed by atoms with Gasteiger partial charge in [0.15, 0.2) is 6.61 Å². The molecule has 1 unspecified atom stereocenters. The lowest BCUT2D eigenvalue weighted by Crippen LogP contribution is -2.50. The van der Waals surface area contributed by atoms with E-state index in [1.807, 2.05) is 13.8 Å². The summed E-state index contributed by atoms with van der Waals surface area (Å²) in [6, 6.07) is 5.37. The predicted molar refractivity (Wildman–Crippen MR) is 83.7 cm³/mol. The van der Waals surface area contributed by atoms with Crippen LogP contribution in [0.4, 0.5) is 0 Å². The molecule has 0 aliphatic heterocycles. The Hall–Kier alpha value is -1.44. The molecular formula is C15H18Cl2N2O2. The third kappa shape index (κ3) is 4.26. The molecule has 1 aromatic carbocycles. The Balaban J connectivity index is 2.71. The van der Waals surface area contributed by atoms with Gasteiger partial charge in [0, 0.05) is 5.02 Å². The first-order chi connectivity index (χ1) is 9.71. The number of nitrogens with one attached hydrogen (secondary N) is 1. The molecule has 0 aromatic heterocycles. The van der Waals surface area contributed by atoms with Crippen molar-refractivity contribution >= 4 is 29.1 Å². The van der Waals surface area contributed by atoms with Crippen LogP contribution >= 0.6 is 23.2 Å². The Kier molecular flexibility index (Phi) is 5.88. The Bertz CT molecular complexity index is 582. The van der Waals surface area contributed by atoms with E-state index in [1.54, 1.807) is 26.0 Å². The molecule has 0 radical (unpaired) electrons. The first kappa shape index (κ1) is 17.6. The second kappa shape index (κ2) is 7.02. The van der Waals surface area contributed by atoms with Crippen LogP contribution in [-0.2, 0) is 4.79 Å². The van der Waals surface area contributed by atoms with Crippen LogP contribution < -0.4 is 10.1 Å². The van der Waals surface area contributed by atoms with Crippen molar-refractivity contribution in [1.29, 1.82) is 5.26 Å². The summed E-state index contributed by atoms with van der Waals surface area (Å²) in [6.45, 7) is 6.95. The van der Waals surface area contributed by atoms with Gasteiger partial charge in [0.1, 0.15) is 11.3 Å². The number of amides is 1. The Morgan fingerprint density at radius 2 is 2.10 bits per heavy atom. The maximum Gasteiger partial charge on any atom is 0.259 e. The molecule has 0 bridgehead atoms. The summed E-state index contributed by atoms with van der Waals surface area (Å²) in [7, 11) is 0.